The number of likely N-dealkylation sites (tertiary alicyclic amines) is 1. The molecule has 1 unspecified atom stereocenters. The van der Waals surface area contributed by atoms with Gasteiger partial charge in [0.15, 0.2) is 0 Å². The highest BCUT2D eigenvalue weighted by molar-refractivity contribution is 7.13. The lowest BCUT2D eigenvalue weighted by atomic mass is 10.2. The monoisotopic (exact) mass is 325 g/mol. The van der Waals surface area contributed by atoms with Crippen molar-refractivity contribution in [2.75, 3.05) is 6.54 Å². The van der Waals surface area contributed by atoms with Gasteiger partial charge in [-0.3, -0.25) is 9.58 Å². The van der Waals surface area contributed by atoms with Crippen LogP contribution in [0.2, 0.25) is 0 Å². The highest BCUT2D eigenvalue weighted by Gasteiger charge is 2.25. The van der Waals surface area contributed by atoms with Crippen LogP contribution in [0, 0.1) is 0 Å². The first kappa shape index (κ1) is 14.5. The fraction of sp³-hybridized carbons (Fsp3) is 0.353. The molecule has 0 N–H and O–H groups in total. The summed E-state index contributed by atoms with van der Waals surface area (Å²) in [5, 5.41) is 7.52. The molecule has 6 heteroatoms. The summed E-state index contributed by atoms with van der Waals surface area (Å²) >= 11 is 1.73. The molecule has 1 aliphatic rings. The molecule has 1 atom stereocenters. The summed E-state index contributed by atoms with van der Waals surface area (Å²) in [5.41, 5.74) is 2.36. The van der Waals surface area contributed by atoms with E-state index in [2.05, 4.69) is 44.6 Å². The van der Waals surface area contributed by atoms with Gasteiger partial charge in [-0.15, -0.1) is 11.3 Å². The molecule has 1 aliphatic heterocycles. The highest BCUT2D eigenvalue weighted by atomic mass is 32.1. The van der Waals surface area contributed by atoms with Crippen LogP contribution in [0.15, 0.2) is 48.4 Å². The van der Waals surface area contributed by atoms with E-state index in [0.717, 1.165) is 24.6 Å². The van der Waals surface area contributed by atoms with Gasteiger partial charge in [-0.05, 0) is 19.4 Å². The van der Waals surface area contributed by atoms with Crippen LogP contribution in [0.4, 0.5) is 0 Å². The van der Waals surface area contributed by atoms with Crippen LogP contribution in [0.25, 0.3) is 10.6 Å². The van der Waals surface area contributed by atoms with Crippen molar-refractivity contribution in [1.82, 2.24) is 24.6 Å². The molecule has 0 radical (unpaired) electrons. The number of thiazole rings is 1. The summed E-state index contributed by atoms with van der Waals surface area (Å²) in [6.07, 6.45) is 5.86. The summed E-state index contributed by atoms with van der Waals surface area (Å²) in [5.74, 6) is 0. The van der Waals surface area contributed by atoms with Gasteiger partial charge in [-0.1, -0.05) is 30.3 Å². The Morgan fingerprint density at radius 2 is 2.13 bits per heavy atom. The maximum absolute atomic E-state index is 4.82. The molecular weight excluding hydrogens is 306 g/mol. The maximum Gasteiger partial charge on any atom is 0.137 e. The molecule has 0 amide bonds. The second-order valence-corrected chi connectivity index (χ2v) is 6.75. The second kappa shape index (κ2) is 6.60. The van der Waals surface area contributed by atoms with Crippen LogP contribution in [-0.2, 0) is 13.1 Å². The third-order valence-electron chi connectivity index (χ3n) is 4.30. The van der Waals surface area contributed by atoms with Crippen molar-refractivity contribution in [3.05, 3.63) is 54.1 Å². The summed E-state index contributed by atoms with van der Waals surface area (Å²) in [6.45, 7) is 2.97. The largest absolute Gasteiger partial charge is 0.293 e. The van der Waals surface area contributed by atoms with Crippen LogP contribution in [-0.4, -0.2) is 37.2 Å². The maximum atomic E-state index is 4.82. The number of hydrogen-bond acceptors (Lipinski definition) is 5. The van der Waals surface area contributed by atoms with Crippen molar-refractivity contribution < 1.29 is 0 Å². The Balaban J connectivity index is 1.44. The quantitative estimate of drug-likeness (QED) is 0.723. The summed E-state index contributed by atoms with van der Waals surface area (Å²) in [4.78, 5) is 11.4. The molecule has 1 fully saturated rings. The molecule has 4 rings (SSSR count). The van der Waals surface area contributed by atoms with Gasteiger partial charge < -0.3 is 0 Å². The molecular formula is C17H19N5S. The molecule has 1 saturated heterocycles. The van der Waals surface area contributed by atoms with Gasteiger partial charge >= 0.3 is 0 Å². The minimum absolute atomic E-state index is 0.526. The fourth-order valence-electron chi connectivity index (χ4n) is 3.15. The summed E-state index contributed by atoms with van der Waals surface area (Å²) < 4.78 is 1.93. The number of hydrogen-bond donors (Lipinski definition) is 0. The topological polar surface area (TPSA) is 46.8 Å². The van der Waals surface area contributed by atoms with Crippen molar-refractivity contribution in [2.45, 2.75) is 32.0 Å². The van der Waals surface area contributed by atoms with E-state index in [-0.39, 0.29) is 0 Å². The smallest absolute Gasteiger partial charge is 0.137 e. The first-order valence-corrected chi connectivity index (χ1v) is 8.83. The molecule has 0 spiro atoms. The molecule has 118 valence electrons. The minimum Gasteiger partial charge on any atom is -0.293 e. The summed E-state index contributed by atoms with van der Waals surface area (Å²) in [6, 6.07) is 10.9. The van der Waals surface area contributed by atoms with E-state index < -0.39 is 0 Å². The molecule has 0 aliphatic carbocycles. The van der Waals surface area contributed by atoms with Gasteiger partial charge in [0.2, 0.25) is 0 Å². The van der Waals surface area contributed by atoms with Gasteiger partial charge in [-0.2, -0.15) is 5.10 Å². The number of nitrogens with zero attached hydrogens (tertiary/aromatic N) is 5. The average molecular weight is 325 g/mol. The molecule has 23 heavy (non-hydrogen) atoms. The van der Waals surface area contributed by atoms with E-state index in [0.29, 0.717) is 6.04 Å². The van der Waals surface area contributed by atoms with Crippen LogP contribution in [0.5, 0.6) is 0 Å². The highest BCUT2D eigenvalue weighted by Crippen LogP contribution is 2.26. The van der Waals surface area contributed by atoms with E-state index in [1.54, 1.807) is 24.0 Å². The zero-order valence-corrected chi connectivity index (χ0v) is 13.7. The molecule has 3 aromatic rings. The van der Waals surface area contributed by atoms with Crippen molar-refractivity contribution in [3.8, 4) is 10.6 Å². The Morgan fingerprint density at radius 3 is 2.96 bits per heavy atom. The molecule has 5 nitrogen and oxygen atoms in total. The zero-order valence-electron chi connectivity index (χ0n) is 12.9. The van der Waals surface area contributed by atoms with Crippen LogP contribution in [0.1, 0.15) is 18.5 Å². The third-order valence-corrected chi connectivity index (χ3v) is 5.24. The minimum atomic E-state index is 0.526. The SMILES string of the molecule is c1ccc(-c2nc(CN3CCCC3Cn3cncn3)cs2)cc1. The van der Waals surface area contributed by atoms with Gasteiger partial charge in [0.1, 0.15) is 17.7 Å². The first-order valence-electron chi connectivity index (χ1n) is 7.95. The number of rotatable bonds is 5. The van der Waals surface area contributed by atoms with E-state index in [9.17, 15) is 0 Å². The van der Waals surface area contributed by atoms with E-state index in [1.165, 1.54) is 24.1 Å². The summed E-state index contributed by atoms with van der Waals surface area (Å²) in [7, 11) is 0. The van der Waals surface area contributed by atoms with Crippen molar-refractivity contribution in [3.63, 3.8) is 0 Å². The lowest BCUT2D eigenvalue weighted by molar-refractivity contribution is 0.217. The fourth-order valence-corrected chi connectivity index (χ4v) is 3.97. The lowest BCUT2D eigenvalue weighted by Crippen LogP contribution is -2.32. The average Bonchev–Trinajstić information content (AvgIpc) is 3.33. The molecule has 1 aromatic carbocycles. The van der Waals surface area contributed by atoms with E-state index >= 15 is 0 Å². The second-order valence-electron chi connectivity index (χ2n) is 5.89. The zero-order chi connectivity index (χ0) is 15.5. The van der Waals surface area contributed by atoms with Crippen molar-refractivity contribution in [1.29, 1.82) is 0 Å². The molecule has 2 aromatic heterocycles. The predicted octanol–water partition coefficient (Wildman–Crippen LogP) is 3.07. The lowest BCUT2D eigenvalue weighted by Gasteiger charge is -2.23. The predicted molar refractivity (Wildman–Crippen MR) is 91.0 cm³/mol. The molecule has 0 saturated carbocycles. The third kappa shape index (κ3) is 3.33. The Bertz CT molecular complexity index is 737. The Kier molecular flexibility index (Phi) is 4.17. The van der Waals surface area contributed by atoms with Gasteiger partial charge in [0, 0.05) is 23.5 Å². The van der Waals surface area contributed by atoms with Crippen LogP contribution < -0.4 is 0 Å². The molecule has 3 heterocycles. The first-order chi connectivity index (χ1) is 11.4. The van der Waals surface area contributed by atoms with Crippen LogP contribution in [0.3, 0.4) is 0 Å². The Hall–Kier alpha value is -2.05. The van der Waals surface area contributed by atoms with Gasteiger partial charge in [-0.25, -0.2) is 9.97 Å². The van der Waals surface area contributed by atoms with Crippen molar-refractivity contribution in [2.24, 2.45) is 0 Å². The van der Waals surface area contributed by atoms with Gasteiger partial charge in [0.05, 0.1) is 12.2 Å². The van der Waals surface area contributed by atoms with E-state index in [1.807, 2.05) is 10.7 Å². The number of aromatic nitrogens is 4. The van der Waals surface area contributed by atoms with Crippen molar-refractivity contribution >= 4 is 11.3 Å². The Morgan fingerprint density at radius 1 is 1.22 bits per heavy atom. The standard InChI is InChI=1S/C17H19N5S/c1-2-5-14(6-3-1)17-20-15(11-23-17)9-21-8-4-7-16(21)10-22-13-18-12-19-22/h1-3,5-6,11-13,16H,4,7-10H2. The normalized spacial score (nSPS) is 18.5. The Labute approximate surface area is 139 Å². The number of benzene rings is 1. The molecule has 0 bridgehead atoms. The van der Waals surface area contributed by atoms with E-state index in [4.69, 9.17) is 4.98 Å². The van der Waals surface area contributed by atoms with Crippen LogP contribution >= 0.6 is 11.3 Å². The van der Waals surface area contributed by atoms with Gasteiger partial charge in [0.25, 0.3) is 0 Å².